The summed E-state index contributed by atoms with van der Waals surface area (Å²) < 4.78 is 5.83. The molecule has 0 radical (unpaired) electrons. The monoisotopic (exact) mass is 277 g/mol. The third-order valence-electron chi connectivity index (χ3n) is 3.74. The highest BCUT2D eigenvalue weighted by atomic mass is 16.5. The number of amides is 1. The molecule has 3 atom stereocenters. The second-order valence-corrected chi connectivity index (χ2v) is 5.37. The Kier molecular flexibility index (Phi) is 5.56. The predicted molar refractivity (Wildman–Crippen MR) is 77.2 cm³/mol. The van der Waals surface area contributed by atoms with E-state index < -0.39 is 0 Å². The molecule has 1 fully saturated rings. The van der Waals surface area contributed by atoms with Gasteiger partial charge in [0.1, 0.15) is 0 Å². The van der Waals surface area contributed by atoms with Crippen LogP contribution in [0, 0.1) is 5.92 Å². The molecular weight excluding hydrogens is 254 g/mol. The number of ether oxygens (including phenoxy) is 1. The average Bonchev–Trinajstić information content (AvgIpc) is 2.48. The van der Waals surface area contributed by atoms with Crippen LogP contribution in [0.1, 0.15) is 37.9 Å². The Bertz CT molecular complexity index is 421. The molecule has 2 rings (SSSR count). The van der Waals surface area contributed by atoms with Crippen molar-refractivity contribution in [3.63, 3.8) is 0 Å². The molecule has 1 saturated heterocycles. The van der Waals surface area contributed by atoms with Crippen LogP contribution in [0.4, 0.5) is 0 Å². The Morgan fingerprint density at radius 1 is 1.45 bits per heavy atom. The van der Waals surface area contributed by atoms with Gasteiger partial charge in [0.15, 0.2) is 0 Å². The van der Waals surface area contributed by atoms with Gasteiger partial charge in [0.05, 0.1) is 12.0 Å². The number of carbonyl (C=O) groups is 1. The van der Waals surface area contributed by atoms with Crippen LogP contribution in [0.5, 0.6) is 0 Å². The summed E-state index contributed by atoms with van der Waals surface area (Å²) in [5, 5.41) is 11.9. The molecule has 1 aliphatic rings. The summed E-state index contributed by atoms with van der Waals surface area (Å²) in [5.41, 5.74) is 1.06. The minimum Gasteiger partial charge on any atom is -0.396 e. The van der Waals surface area contributed by atoms with Crippen LogP contribution in [-0.4, -0.2) is 30.3 Å². The number of aliphatic hydroxyl groups excluding tert-OH is 1. The van der Waals surface area contributed by atoms with Crippen molar-refractivity contribution in [2.75, 3.05) is 13.2 Å². The summed E-state index contributed by atoms with van der Waals surface area (Å²) in [7, 11) is 0. The molecule has 1 aromatic rings. The van der Waals surface area contributed by atoms with Crippen LogP contribution in [0.15, 0.2) is 30.3 Å². The molecule has 3 unspecified atom stereocenters. The molecule has 1 aromatic carbocycles. The smallest absolute Gasteiger partial charge is 0.226 e. The summed E-state index contributed by atoms with van der Waals surface area (Å²) in [6, 6.07) is 9.91. The van der Waals surface area contributed by atoms with Crippen molar-refractivity contribution in [2.24, 2.45) is 5.92 Å². The summed E-state index contributed by atoms with van der Waals surface area (Å²) in [6.45, 7) is 2.70. The molecular formula is C16H23NO3. The van der Waals surface area contributed by atoms with E-state index in [4.69, 9.17) is 9.84 Å². The van der Waals surface area contributed by atoms with Crippen molar-refractivity contribution in [1.82, 2.24) is 5.32 Å². The molecule has 4 nitrogen and oxygen atoms in total. The maximum Gasteiger partial charge on any atom is 0.226 e. The molecule has 0 bridgehead atoms. The SMILES string of the molecule is CC(CCO)NC(=O)C1CCCOC1c1ccccc1. The fourth-order valence-corrected chi connectivity index (χ4v) is 2.64. The standard InChI is InChI=1S/C16H23NO3/c1-12(9-10-18)17-16(19)14-8-5-11-20-15(14)13-6-3-2-4-7-13/h2-4,6-7,12,14-15,18H,5,8-11H2,1H3,(H,17,19). The van der Waals surface area contributed by atoms with Gasteiger partial charge in [0.2, 0.25) is 5.91 Å². The van der Waals surface area contributed by atoms with E-state index in [0.29, 0.717) is 13.0 Å². The average molecular weight is 277 g/mol. The summed E-state index contributed by atoms with van der Waals surface area (Å²) in [5.74, 6) is -0.119. The summed E-state index contributed by atoms with van der Waals surface area (Å²) in [6.07, 6.45) is 2.17. The Morgan fingerprint density at radius 3 is 2.90 bits per heavy atom. The van der Waals surface area contributed by atoms with Gasteiger partial charge in [-0.3, -0.25) is 4.79 Å². The lowest BCUT2D eigenvalue weighted by Gasteiger charge is -2.32. The number of hydrogen-bond donors (Lipinski definition) is 2. The highest BCUT2D eigenvalue weighted by molar-refractivity contribution is 5.79. The Hall–Kier alpha value is -1.39. The molecule has 0 spiro atoms. The second kappa shape index (κ2) is 7.41. The lowest BCUT2D eigenvalue weighted by Crippen LogP contribution is -2.41. The number of nitrogens with one attached hydrogen (secondary N) is 1. The number of rotatable bonds is 5. The van der Waals surface area contributed by atoms with Gasteiger partial charge in [0, 0.05) is 19.3 Å². The molecule has 4 heteroatoms. The highest BCUT2D eigenvalue weighted by Gasteiger charge is 2.33. The summed E-state index contributed by atoms with van der Waals surface area (Å²) in [4.78, 5) is 12.4. The lowest BCUT2D eigenvalue weighted by molar-refractivity contribution is -0.135. The molecule has 1 amide bonds. The van der Waals surface area contributed by atoms with Crippen LogP contribution < -0.4 is 5.32 Å². The topological polar surface area (TPSA) is 58.6 Å². The van der Waals surface area contributed by atoms with Crippen molar-refractivity contribution in [2.45, 2.75) is 38.3 Å². The minimum atomic E-state index is -0.161. The zero-order valence-corrected chi connectivity index (χ0v) is 11.9. The van der Waals surface area contributed by atoms with Crippen molar-refractivity contribution in [3.8, 4) is 0 Å². The summed E-state index contributed by atoms with van der Waals surface area (Å²) >= 11 is 0. The molecule has 20 heavy (non-hydrogen) atoms. The maximum atomic E-state index is 12.4. The zero-order chi connectivity index (χ0) is 14.4. The van der Waals surface area contributed by atoms with E-state index in [-0.39, 0.29) is 30.6 Å². The molecule has 0 aliphatic carbocycles. The second-order valence-electron chi connectivity index (χ2n) is 5.37. The van der Waals surface area contributed by atoms with Crippen LogP contribution in [0.3, 0.4) is 0 Å². The normalized spacial score (nSPS) is 24.1. The van der Waals surface area contributed by atoms with Crippen LogP contribution in [0.25, 0.3) is 0 Å². The van der Waals surface area contributed by atoms with Gasteiger partial charge in [-0.25, -0.2) is 0 Å². The van der Waals surface area contributed by atoms with E-state index >= 15 is 0 Å². The van der Waals surface area contributed by atoms with Gasteiger partial charge in [-0.1, -0.05) is 30.3 Å². The maximum absolute atomic E-state index is 12.4. The Morgan fingerprint density at radius 2 is 2.20 bits per heavy atom. The predicted octanol–water partition coefficient (Wildman–Crippen LogP) is 2.04. The highest BCUT2D eigenvalue weighted by Crippen LogP contribution is 2.33. The van der Waals surface area contributed by atoms with Crippen molar-refractivity contribution in [1.29, 1.82) is 0 Å². The first-order chi connectivity index (χ1) is 9.72. The molecule has 2 N–H and O–H groups in total. The zero-order valence-electron chi connectivity index (χ0n) is 11.9. The van der Waals surface area contributed by atoms with E-state index in [9.17, 15) is 4.79 Å². The fraction of sp³-hybridized carbons (Fsp3) is 0.562. The molecule has 0 saturated carbocycles. The third kappa shape index (κ3) is 3.81. The van der Waals surface area contributed by atoms with Crippen molar-refractivity contribution in [3.05, 3.63) is 35.9 Å². The minimum absolute atomic E-state index is 0.00847. The van der Waals surface area contributed by atoms with Gasteiger partial charge < -0.3 is 15.2 Å². The number of aliphatic hydroxyl groups is 1. The first-order valence-corrected chi connectivity index (χ1v) is 7.30. The van der Waals surface area contributed by atoms with E-state index in [2.05, 4.69) is 5.32 Å². The largest absolute Gasteiger partial charge is 0.396 e. The van der Waals surface area contributed by atoms with Gasteiger partial charge in [-0.2, -0.15) is 0 Å². The number of carbonyl (C=O) groups excluding carboxylic acids is 1. The molecule has 110 valence electrons. The van der Waals surface area contributed by atoms with Crippen LogP contribution >= 0.6 is 0 Å². The number of benzene rings is 1. The van der Waals surface area contributed by atoms with Gasteiger partial charge >= 0.3 is 0 Å². The molecule has 1 heterocycles. The lowest BCUT2D eigenvalue weighted by atomic mass is 9.88. The van der Waals surface area contributed by atoms with Crippen LogP contribution in [0.2, 0.25) is 0 Å². The van der Waals surface area contributed by atoms with Crippen molar-refractivity contribution < 1.29 is 14.6 Å². The number of hydrogen-bond acceptors (Lipinski definition) is 3. The quantitative estimate of drug-likeness (QED) is 0.866. The Balaban J connectivity index is 2.05. The van der Waals surface area contributed by atoms with Crippen molar-refractivity contribution >= 4 is 5.91 Å². The first kappa shape index (κ1) is 15.0. The Labute approximate surface area is 120 Å². The van der Waals surface area contributed by atoms with Crippen LogP contribution in [-0.2, 0) is 9.53 Å². The fourth-order valence-electron chi connectivity index (χ4n) is 2.64. The first-order valence-electron chi connectivity index (χ1n) is 7.30. The van der Waals surface area contributed by atoms with Gasteiger partial charge in [-0.05, 0) is 31.7 Å². The van der Waals surface area contributed by atoms with Gasteiger partial charge in [-0.15, -0.1) is 0 Å². The van der Waals surface area contributed by atoms with E-state index in [0.717, 1.165) is 18.4 Å². The van der Waals surface area contributed by atoms with E-state index in [1.165, 1.54) is 0 Å². The molecule has 1 aliphatic heterocycles. The van der Waals surface area contributed by atoms with E-state index in [1.54, 1.807) is 0 Å². The molecule has 0 aromatic heterocycles. The van der Waals surface area contributed by atoms with E-state index in [1.807, 2.05) is 37.3 Å². The third-order valence-corrected chi connectivity index (χ3v) is 3.74. The van der Waals surface area contributed by atoms with Gasteiger partial charge in [0.25, 0.3) is 0 Å².